The van der Waals surface area contributed by atoms with Crippen LogP contribution in [0.25, 0.3) is 0 Å². The van der Waals surface area contributed by atoms with Crippen LogP contribution in [0.2, 0.25) is 0 Å². The zero-order valence-corrected chi connectivity index (χ0v) is 8.59. The fourth-order valence-electron chi connectivity index (χ4n) is 1.40. The lowest BCUT2D eigenvalue weighted by Gasteiger charge is -2.17. The zero-order valence-electron chi connectivity index (χ0n) is 8.59. The van der Waals surface area contributed by atoms with E-state index in [1.54, 1.807) is 0 Å². The van der Waals surface area contributed by atoms with Crippen LogP contribution in [0.1, 0.15) is 21.5 Å². The monoisotopic (exact) mass is 177 g/mol. The molecule has 0 amide bonds. The van der Waals surface area contributed by atoms with Crippen LogP contribution in [0.4, 0.5) is 5.69 Å². The van der Waals surface area contributed by atoms with Gasteiger partial charge >= 0.3 is 0 Å². The molecule has 2 heteroatoms. The van der Waals surface area contributed by atoms with Gasteiger partial charge < -0.3 is 4.90 Å². The maximum Gasteiger partial charge on any atom is 0.150 e. The molecule has 0 saturated carbocycles. The van der Waals surface area contributed by atoms with E-state index in [0.29, 0.717) is 0 Å². The minimum atomic E-state index is 0.742. The van der Waals surface area contributed by atoms with Crippen molar-refractivity contribution in [2.45, 2.75) is 13.8 Å². The van der Waals surface area contributed by atoms with E-state index in [1.807, 2.05) is 38.1 Å². The van der Waals surface area contributed by atoms with Crippen LogP contribution in [0, 0.1) is 13.8 Å². The molecule has 1 aromatic rings. The van der Waals surface area contributed by atoms with Gasteiger partial charge in [0.2, 0.25) is 0 Å². The van der Waals surface area contributed by atoms with Gasteiger partial charge in [0, 0.05) is 25.3 Å². The smallest absolute Gasteiger partial charge is 0.150 e. The summed E-state index contributed by atoms with van der Waals surface area (Å²) in [5.41, 5.74) is 4.25. The first-order valence-electron chi connectivity index (χ1n) is 4.30. The van der Waals surface area contributed by atoms with Crippen molar-refractivity contribution < 1.29 is 4.79 Å². The molecule has 0 heterocycles. The molecular formula is C11H15NO. The van der Waals surface area contributed by atoms with Crippen LogP contribution in [0.15, 0.2) is 12.1 Å². The maximum atomic E-state index is 10.6. The van der Waals surface area contributed by atoms with Crippen LogP contribution < -0.4 is 4.90 Å². The Hall–Kier alpha value is -1.31. The summed E-state index contributed by atoms with van der Waals surface area (Å²) in [6.07, 6.45) is 0.888. The van der Waals surface area contributed by atoms with E-state index in [0.717, 1.165) is 23.1 Å². The van der Waals surface area contributed by atoms with Crippen molar-refractivity contribution in [2.24, 2.45) is 0 Å². The molecule has 70 valence electrons. The maximum absolute atomic E-state index is 10.6. The van der Waals surface area contributed by atoms with E-state index in [2.05, 4.69) is 6.92 Å². The Labute approximate surface area is 79.2 Å². The number of rotatable bonds is 2. The number of nitrogens with zero attached hydrogens (tertiary/aromatic N) is 1. The standard InChI is InChI=1S/C11H15NO/c1-8-5-10(7-13)6-11(9(8)2)12(3)4/h5-7H,1-4H3. The molecule has 0 aliphatic rings. The quantitative estimate of drug-likeness (QED) is 0.645. The second kappa shape index (κ2) is 3.60. The molecule has 0 aliphatic heterocycles. The largest absolute Gasteiger partial charge is 0.377 e. The SMILES string of the molecule is Cc1cc(C=O)cc(N(C)C)c1C. The van der Waals surface area contributed by atoms with Gasteiger partial charge in [0.05, 0.1) is 0 Å². The van der Waals surface area contributed by atoms with Crippen molar-refractivity contribution in [1.82, 2.24) is 0 Å². The lowest BCUT2D eigenvalue weighted by Crippen LogP contribution is -2.11. The van der Waals surface area contributed by atoms with E-state index in [4.69, 9.17) is 0 Å². The molecule has 0 atom stereocenters. The summed E-state index contributed by atoms with van der Waals surface area (Å²) in [5, 5.41) is 0. The fourth-order valence-corrected chi connectivity index (χ4v) is 1.40. The first-order chi connectivity index (χ1) is 6.06. The first-order valence-corrected chi connectivity index (χ1v) is 4.30. The first kappa shape index (κ1) is 9.78. The number of anilines is 1. The van der Waals surface area contributed by atoms with Crippen LogP contribution in [0.5, 0.6) is 0 Å². The van der Waals surface area contributed by atoms with E-state index in [9.17, 15) is 4.79 Å². The van der Waals surface area contributed by atoms with Gasteiger partial charge in [-0.15, -0.1) is 0 Å². The summed E-state index contributed by atoms with van der Waals surface area (Å²) in [6, 6.07) is 3.82. The van der Waals surface area contributed by atoms with Crippen molar-refractivity contribution in [3.8, 4) is 0 Å². The second-order valence-corrected chi connectivity index (χ2v) is 3.49. The molecule has 1 rings (SSSR count). The Bertz CT molecular complexity index is 329. The molecule has 0 N–H and O–H groups in total. The molecule has 0 aliphatic carbocycles. The molecule has 0 saturated heterocycles. The van der Waals surface area contributed by atoms with Crippen molar-refractivity contribution in [3.63, 3.8) is 0 Å². The van der Waals surface area contributed by atoms with Crippen molar-refractivity contribution in [1.29, 1.82) is 0 Å². The third-order valence-electron chi connectivity index (χ3n) is 2.28. The van der Waals surface area contributed by atoms with Gasteiger partial charge in [-0.1, -0.05) is 0 Å². The van der Waals surface area contributed by atoms with Gasteiger partial charge in [0.15, 0.2) is 0 Å². The molecule has 0 aromatic heterocycles. The summed E-state index contributed by atoms with van der Waals surface area (Å²) in [6.45, 7) is 4.09. The van der Waals surface area contributed by atoms with Crippen LogP contribution in [-0.2, 0) is 0 Å². The Balaban J connectivity index is 3.32. The molecule has 0 fully saturated rings. The Kier molecular flexibility index (Phi) is 2.71. The lowest BCUT2D eigenvalue weighted by atomic mass is 10.0. The van der Waals surface area contributed by atoms with Crippen LogP contribution in [0.3, 0.4) is 0 Å². The predicted molar refractivity (Wildman–Crippen MR) is 55.6 cm³/mol. The summed E-state index contributed by atoms with van der Waals surface area (Å²) >= 11 is 0. The molecule has 0 spiro atoms. The average Bonchev–Trinajstić information content (AvgIpc) is 2.09. The number of hydrogen-bond acceptors (Lipinski definition) is 2. The van der Waals surface area contributed by atoms with Crippen molar-refractivity contribution >= 4 is 12.0 Å². The van der Waals surface area contributed by atoms with Gasteiger partial charge in [0.25, 0.3) is 0 Å². The van der Waals surface area contributed by atoms with Crippen LogP contribution in [-0.4, -0.2) is 20.4 Å². The number of aldehydes is 1. The highest BCUT2D eigenvalue weighted by Gasteiger charge is 2.05. The molecule has 13 heavy (non-hydrogen) atoms. The summed E-state index contributed by atoms with van der Waals surface area (Å²) in [7, 11) is 3.96. The topological polar surface area (TPSA) is 20.3 Å². The number of hydrogen-bond donors (Lipinski definition) is 0. The number of carbonyl (C=O) groups is 1. The lowest BCUT2D eigenvalue weighted by molar-refractivity contribution is 0.112. The Morgan fingerprint density at radius 2 is 1.85 bits per heavy atom. The van der Waals surface area contributed by atoms with Gasteiger partial charge in [-0.3, -0.25) is 4.79 Å². The van der Waals surface area contributed by atoms with E-state index in [1.165, 1.54) is 5.56 Å². The zero-order chi connectivity index (χ0) is 10.0. The predicted octanol–water partition coefficient (Wildman–Crippen LogP) is 2.18. The van der Waals surface area contributed by atoms with Crippen molar-refractivity contribution in [3.05, 3.63) is 28.8 Å². The van der Waals surface area contributed by atoms with E-state index < -0.39 is 0 Å². The normalized spacial score (nSPS) is 9.85. The van der Waals surface area contributed by atoms with Gasteiger partial charge in [-0.25, -0.2) is 0 Å². The van der Waals surface area contributed by atoms with E-state index in [-0.39, 0.29) is 0 Å². The van der Waals surface area contributed by atoms with Gasteiger partial charge in [0.1, 0.15) is 6.29 Å². The number of benzene rings is 1. The Morgan fingerprint density at radius 1 is 1.23 bits per heavy atom. The third kappa shape index (κ3) is 1.89. The minimum Gasteiger partial charge on any atom is -0.377 e. The molecule has 0 bridgehead atoms. The van der Waals surface area contributed by atoms with E-state index >= 15 is 0 Å². The molecule has 0 unspecified atom stereocenters. The summed E-state index contributed by atoms with van der Waals surface area (Å²) in [5.74, 6) is 0. The Morgan fingerprint density at radius 3 is 2.31 bits per heavy atom. The highest BCUT2D eigenvalue weighted by atomic mass is 16.1. The molecule has 1 aromatic carbocycles. The second-order valence-electron chi connectivity index (χ2n) is 3.49. The molecule has 2 nitrogen and oxygen atoms in total. The van der Waals surface area contributed by atoms with Crippen LogP contribution >= 0.6 is 0 Å². The third-order valence-corrected chi connectivity index (χ3v) is 2.28. The van der Waals surface area contributed by atoms with Gasteiger partial charge in [-0.05, 0) is 37.1 Å². The minimum absolute atomic E-state index is 0.742. The van der Waals surface area contributed by atoms with Crippen molar-refractivity contribution in [2.75, 3.05) is 19.0 Å². The number of carbonyl (C=O) groups excluding carboxylic acids is 1. The molecular weight excluding hydrogens is 162 g/mol. The number of aryl methyl sites for hydroxylation is 1. The van der Waals surface area contributed by atoms with Gasteiger partial charge in [-0.2, -0.15) is 0 Å². The fraction of sp³-hybridized carbons (Fsp3) is 0.364. The highest BCUT2D eigenvalue weighted by molar-refractivity contribution is 5.78. The summed E-state index contributed by atoms with van der Waals surface area (Å²) in [4.78, 5) is 12.6. The molecule has 0 radical (unpaired) electrons. The average molecular weight is 177 g/mol. The highest BCUT2D eigenvalue weighted by Crippen LogP contribution is 2.22. The summed E-state index contributed by atoms with van der Waals surface area (Å²) < 4.78 is 0.